The van der Waals surface area contributed by atoms with Crippen LogP contribution in [0.25, 0.3) is 0 Å². The quantitative estimate of drug-likeness (QED) is 0.0638. The van der Waals surface area contributed by atoms with Gasteiger partial charge in [-0.3, -0.25) is 18.6 Å². The molecule has 0 aromatic rings. The van der Waals surface area contributed by atoms with Crippen LogP contribution in [0.3, 0.4) is 0 Å². The number of phosphoric ester groups is 1. The van der Waals surface area contributed by atoms with E-state index in [1.54, 1.807) is 0 Å². The van der Waals surface area contributed by atoms with E-state index >= 15 is 0 Å². The zero-order valence-corrected chi connectivity index (χ0v) is 20.8. The number of esters is 1. The highest BCUT2D eigenvalue weighted by Gasteiger charge is 2.23. The summed E-state index contributed by atoms with van der Waals surface area (Å²) in [5, 5.41) is 0. The highest BCUT2D eigenvalue weighted by atomic mass is 31.2. The third-order valence-electron chi connectivity index (χ3n) is 4.98. The van der Waals surface area contributed by atoms with Crippen molar-refractivity contribution in [3.8, 4) is 0 Å². The van der Waals surface area contributed by atoms with E-state index in [1.165, 1.54) is 64.2 Å². The maximum Gasteiger partial charge on any atom is 0.472 e. The van der Waals surface area contributed by atoms with Crippen LogP contribution >= 0.6 is 7.82 Å². The lowest BCUT2D eigenvalue weighted by Crippen LogP contribution is -2.26. The van der Waals surface area contributed by atoms with Gasteiger partial charge in [0.15, 0.2) is 6.10 Å². The number of rotatable bonds is 23. The fourth-order valence-corrected chi connectivity index (χ4v) is 3.49. The van der Waals surface area contributed by atoms with Crippen LogP contribution in [0, 0.1) is 0 Å². The van der Waals surface area contributed by atoms with E-state index in [9.17, 15) is 19.0 Å². The maximum absolute atomic E-state index is 11.8. The second kappa shape index (κ2) is 21.6. The molecule has 0 aliphatic heterocycles. The zero-order valence-electron chi connectivity index (χ0n) is 19.9. The van der Waals surface area contributed by atoms with Crippen molar-refractivity contribution in [1.29, 1.82) is 0 Å². The van der Waals surface area contributed by atoms with E-state index in [-0.39, 0.29) is 19.5 Å². The zero-order chi connectivity index (χ0) is 23.9. The molecule has 0 heterocycles. The third kappa shape index (κ3) is 20.7. The molecule has 0 bridgehead atoms. The summed E-state index contributed by atoms with van der Waals surface area (Å²) in [6, 6.07) is 0. The normalized spacial score (nSPS) is 14.2. The Morgan fingerprint density at radius 1 is 0.906 bits per heavy atom. The van der Waals surface area contributed by atoms with Crippen molar-refractivity contribution in [2.24, 2.45) is 0 Å². The topological polar surface area (TPSA) is 108 Å². The molecule has 9 heteroatoms. The summed E-state index contributed by atoms with van der Waals surface area (Å²) < 4.78 is 29.9. The Kier molecular flexibility index (Phi) is 20.8. The first-order valence-electron chi connectivity index (χ1n) is 11.9. The van der Waals surface area contributed by atoms with Gasteiger partial charge in [0.2, 0.25) is 0 Å². The monoisotopic (exact) mass is 478 g/mol. The van der Waals surface area contributed by atoms with Gasteiger partial charge in [-0.05, 0) is 32.1 Å². The lowest BCUT2D eigenvalue weighted by molar-refractivity contribution is -0.153. The van der Waals surface area contributed by atoms with Crippen LogP contribution in [-0.4, -0.2) is 43.8 Å². The number of unbranched alkanes of at least 4 members (excludes halogenated alkanes) is 11. The molecule has 32 heavy (non-hydrogen) atoms. The smallest absolute Gasteiger partial charge is 0.462 e. The third-order valence-corrected chi connectivity index (χ3v) is 5.91. The van der Waals surface area contributed by atoms with Crippen LogP contribution in [0.2, 0.25) is 0 Å². The predicted molar refractivity (Wildman–Crippen MR) is 124 cm³/mol. The van der Waals surface area contributed by atoms with Gasteiger partial charge in [0, 0.05) is 13.5 Å². The first kappa shape index (κ1) is 30.8. The van der Waals surface area contributed by atoms with Crippen molar-refractivity contribution in [2.45, 2.75) is 103 Å². The number of hydrogen-bond donors (Lipinski definition) is 1. The van der Waals surface area contributed by atoms with Crippen molar-refractivity contribution >= 4 is 20.3 Å². The van der Waals surface area contributed by atoms with Gasteiger partial charge in [-0.25, -0.2) is 4.57 Å². The van der Waals surface area contributed by atoms with E-state index in [0.717, 1.165) is 26.4 Å². The van der Waals surface area contributed by atoms with Gasteiger partial charge < -0.3 is 14.4 Å². The van der Waals surface area contributed by atoms with E-state index in [1.807, 2.05) is 0 Å². The molecule has 0 aliphatic rings. The van der Waals surface area contributed by atoms with E-state index < -0.39 is 26.5 Å². The van der Waals surface area contributed by atoms with Gasteiger partial charge in [0.1, 0.15) is 6.61 Å². The number of carbonyl (C=O) groups is 2. The molecule has 0 saturated heterocycles. The fraction of sp³-hybridized carbons (Fsp3) is 0.826. The molecule has 188 valence electrons. The highest BCUT2D eigenvalue weighted by Crippen LogP contribution is 2.41. The number of carbonyl (C=O) groups excluding carboxylic acids is 2. The molecule has 0 rings (SSSR count). The lowest BCUT2D eigenvalue weighted by atomic mass is 10.1. The number of hydrogen-bond acceptors (Lipinski definition) is 7. The first-order chi connectivity index (χ1) is 15.4. The van der Waals surface area contributed by atoms with Crippen LogP contribution in [0.5, 0.6) is 0 Å². The van der Waals surface area contributed by atoms with Gasteiger partial charge in [0.05, 0.1) is 6.61 Å². The molecule has 2 atom stereocenters. The molecule has 1 N–H and O–H groups in total. The van der Waals surface area contributed by atoms with E-state index in [0.29, 0.717) is 0 Å². The van der Waals surface area contributed by atoms with Crippen molar-refractivity contribution < 1.29 is 37.6 Å². The minimum atomic E-state index is -4.18. The fourth-order valence-electron chi connectivity index (χ4n) is 3.03. The van der Waals surface area contributed by atoms with Crippen LogP contribution in [-0.2, 0) is 32.7 Å². The molecule has 0 amide bonds. The van der Waals surface area contributed by atoms with Gasteiger partial charge in [-0.15, -0.1) is 0 Å². The molecular formula is C23H43O8P. The highest BCUT2D eigenvalue weighted by molar-refractivity contribution is 7.47. The summed E-state index contributed by atoms with van der Waals surface area (Å²) in [6.45, 7) is 1.74. The summed E-state index contributed by atoms with van der Waals surface area (Å²) in [7, 11) is -3.16. The Morgan fingerprint density at radius 2 is 1.47 bits per heavy atom. The molecule has 1 unspecified atom stereocenters. The van der Waals surface area contributed by atoms with E-state index in [4.69, 9.17) is 4.74 Å². The average molecular weight is 479 g/mol. The standard InChI is InChI=1S/C23H43O8P/c1-3-4-5-6-7-8-9-10-11-12-13-14-15-16-17-18-23(25)29-19-22(30-21-24)20-31-32(26,27)28-2/h7-8,21-22H,3-6,9-20H2,1-2H3,(H,26,27)/b8-7+/t22-/m1/s1. The lowest BCUT2D eigenvalue weighted by Gasteiger charge is -2.16. The largest absolute Gasteiger partial charge is 0.472 e. The minimum absolute atomic E-state index is 0.169. The Hall–Kier alpha value is -1.21. The summed E-state index contributed by atoms with van der Waals surface area (Å²) in [4.78, 5) is 31.5. The number of phosphoric acid groups is 1. The van der Waals surface area contributed by atoms with Crippen LogP contribution < -0.4 is 0 Å². The molecule has 0 saturated carbocycles. The van der Waals surface area contributed by atoms with Crippen LogP contribution in [0.1, 0.15) is 96.8 Å². The maximum atomic E-state index is 11.8. The Bertz CT molecular complexity index is 538. The Labute approximate surface area is 193 Å². The molecule has 0 radical (unpaired) electrons. The SMILES string of the molecule is CCCCC/C=C/CCCCCCCCCCC(=O)OC[C@H](COP(=O)(O)OC)OC=O. The van der Waals surface area contributed by atoms with Gasteiger partial charge in [-0.1, -0.05) is 70.4 Å². The predicted octanol–water partition coefficient (Wildman–Crippen LogP) is 5.87. The molecular weight excluding hydrogens is 435 g/mol. The van der Waals surface area contributed by atoms with Crippen LogP contribution in [0.4, 0.5) is 0 Å². The summed E-state index contributed by atoms with van der Waals surface area (Å²) in [5.74, 6) is -0.397. The second-order valence-corrected chi connectivity index (χ2v) is 9.38. The van der Waals surface area contributed by atoms with Gasteiger partial charge in [-0.2, -0.15) is 0 Å². The minimum Gasteiger partial charge on any atom is -0.462 e. The van der Waals surface area contributed by atoms with Crippen molar-refractivity contribution in [2.75, 3.05) is 20.3 Å². The molecule has 0 aromatic carbocycles. The van der Waals surface area contributed by atoms with Crippen LogP contribution in [0.15, 0.2) is 12.2 Å². The molecule has 0 fully saturated rings. The van der Waals surface area contributed by atoms with Gasteiger partial charge in [0.25, 0.3) is 6.47 Å². The molecule has 8 nitrogen and oxygen atoms in total. The summed E-state index contributed by atoms with van der Waals surface area (Å²) >= 11 is 0. The Balaban J connectivity index is 3.60. The van der Waals surface area contributed by atoms with Crippen molar-refractivity contribution in [1.82, 2.24) is 0 Å². The van der Waals surface area contributed by atoms with Crippen molar-refractivity contribution in [3.63, 3.8) is 0 Å². The Morgan fingerprint density at radius 3 is 2.03 bits per heavy atom. The molecule has 0 spiro atoms. The van der Waals surface area contributed by atoms with Gasteiger partial charge >= 0.3 is 13.8 Å². The number of allylic oxidation sites excluding steroid dienone is 2. The van der Waals surface area contributed by atoms with Crippen molar-refractivity contribution in [3.05, 3.63) is 12.2 Å². The average Bonchev–Trinajstić information content (AvgIpc) is 2.78. The molecule has 0 aromatic heterocycles. The first-order valence-corrected chi connectivity index (χ1v) is 13.4. The molecule has 0 aliphatic carbocycles. The second-order valence-electron chi connectivity index (χ2n) is 7.82. The summed E-state index contributed by atoms with van der Waals surface area (Å²) in [6.07, 6.45) is 19.3. The summed E-state index contributed by atoms with van der Waals surface area (Å²) in [5.41, 5.74) is 0. The number of ether oxygens (including phenoxy) is 2. The van der Waals surface area contributed by atoms with E-state index in [2.05, 4.69) is 32.9 Å².